The van der Waals surface area contributed by atoms with E-state index >= 15 is 0 Å². The lowest BCUT2D eigenvalue weighted by Crippen LogP contribution is -2.17. The maximum atomic E-state index is 13.1. The zero-order valence-corrected chi connectivity index (χ0v) is 9.97. The van der Waals surface area contributed by atoms with Gasteiger partial charge in [-0.3, -0.25) is 0 Å². The number of hydrogen-bond acceptors (Lipinski definition) is 2. The summed E-state index contributed by atoms with van der Waals surface area (Å²) in [5.74, 6) is -1.18. The van der Waals surface area contributed by atoms with Gasteiger partial charge in [-0.15, -0.1) is 13.2 Å². The number of alkyl halides is 3. The predicted octanol–water partition coefficient (Wildman–Crippen LogP) is 4.44. The van der Waals surface area contributed by atoms with E-state index in [0.717, 1.165) is 18.3 Å². The highest BCUT2D eigenvalue weighted by atomic mass is 35.5. The summed E-state index contributed by atoms with van der Waals surface area (Å²) < 4.78 is 53.8. The van der Waals surface area contributed by atoms with Gasteiger partial charge in [0.25, 0.3) is 0 Å². The zero-order valence-electron chi connectivity index (χ0n) is 9.21. The Balaban J connectivity index is 2.53. The molecule has 1 heterocycles. The van der Waals surface area contributed by atoms with Crippen molar-refractivity contribution in [3.63, 3.8) is 0 Å². The van der Waals surface area contributed by atoms with Gasteiger partial charge in [-0.05, 0) is 12.1 Å². The van der Waals surface area contributed by atoms with E-state index in [2.05, 4.69) is 9.72 Å². The minimum atomic E-state index is -4.84. The average Bonchev–Trinajstić information content (AvgIpc) is 2.31. The third-order valence-corrected chi connectivity index (χ3v) is 2.51. The molecule has 0 aliphatic heterocycles. The fourth-order valence-corrected chi connectivity index (χ4v) is 1.72. The molecule has 0 N–H and O–H groups in total. The summed E-state index contributed by atoms with van der Waals surface area (Å²) in [6.45, 7) is 0. The molecule has 0 saturated carbocycles. The summed E-state index contributed by atoms with van der Waals surface area (Å²) in [6, 6.07) is 6.30. The topological polar surface area (TPSA) is 22.1 Å². The van der Waals surface area contributed by atoms with E-state index in [1.165, 1.54) is 18.2 Å². The Kier molecular flexibility index (Phi) is 3.61. The van der Waals surface area contributed by atoms with Crippen LogP contribution in [-0.4, -0.2) is 11.3 Å². The Labute approximate surface area is 110 Å². The van der Waals surface area contributed by atoms with Crippen LogP contribution in [0.1, 0.15) is 0 Å². The van der Waals surface area contributed by atoms with Crippen molar-refractivity contribution in [3.05, 3.63) is 47.5 Å². The van der Waals surface area contributed by atoms with Gasteiger partial charge in [0.15, 0.2) is 0 Å². The number of pyridine rings is 1. The molecular weight excluding hydrogens is 286 g/mol. The molecule has 1 aromatic heterocycles. The van der Waals surface area contributed by atoms with E-state index in [1.54, 1.807) is 0 Å². The fraction of sp³-hybridized carbons (Fsp3) is 0.0833. The van der Waals surface area contributed by atoms with Gasteiger partial charge in [-0.1, -0.05) is 29.8 Å². The highest BCUT2D eigenvalue weighted by Crippen LogP contribution is 2.36. The molecule has 1 aromatic carbocycles. The number of hydrogen-bond donors (Lipinski definition) is 0. The molecule has 0 fully saturated rings. The first-order valence-electron chi connectivity index (χ1n) is 5.03. The molecule has 0 bridgehead atoms. The predicted molar refractivity (Wildman–Crippen MR) is 61.3 cm³/mol. The third kappa shape index (κ3) is 3.35. The number of para-hydroxylation sites is 1. The van der Waals surface area contributed by atoms with Crippen molar-refractivity contribution >= 4 is 11.6 Å². The van der Waals surface area contributed by atoms with Crippen LogP contribution in [0.5, 0.6) is 5.75 Å². The molecule has 2 nitrogen and oxygen atoms in total. The van der Waals surface area contributed by atoms with Crippen LogP contribution < -0.4 is 4.74 Å². The molecular formula is C12H6ClF4NO. The van der Waals surface area contributed by atoms with E-state index in [9.17, 15) is 17.6 Å². The quantitative estimate of drug-likeness (QED) is 0.603. The van der Waals surface area contributed by atoms with Gasteiger partial charge in [0.1, 0.15) is 16.7 Å². The average molecular weight is 292 g/mol. The number of rotatable bonds is 2. The third-order valence-electron chi connectivity index (χ3n) is 2.21. The second-order valence-electron chi connectivity index (χ2n) is 3.54. The van der Waals surface area contributed by atoms with Crippen LogP contribution in [0.25, 0.3) is 11.1 Å². The Hall–Kier alpha value is -1.82. The number of nitrogens with zero attached hydrogens (tertiary/aromatic N) is 1. The zero-order chi connectivity index (χ0) is 14.0. The van der Waals surface area contributed by atoms with Crippen molar-refractivity contribution in [2.45, 2.75) is 6.36 Å². The van der Waals surface area contributed by atoms with Crippen molar-refractivity contribution in [1.82, 2.24) is 4.98 Å². The first-order valence-corrected chi connectivity index (χ1v) is 5.41. The molecule has 0 aliphatic carbocycles. The number of ether oxygens (including phenoxy) is 1. The first-order chi connectivity index (χ1) is 8.87. The molecule has 0 aliphatic rings. The van der Waals surface area contributed by atoms with E-state index in [4.69, 9.17) is 11.6 Å². The minimum absolute atomic E-state index is 0.0109. The minimum Gasteiger partial charge on any atom is -0.405 e. The van der Waals surface area contributed by atoms with Crippen molar-refractivity contribution in [2.75, 3.05) is 0 Å². The Morgan fingerprint density at radius 3 is 2.47 bits per heavy atom. The van der Waals surface area contributed by atoms with Crippen LogP contribution in [0.4, 0.5) is 17.6 Å². The summed E-state index contributed by atoms with van der Waals surface area (Å²) in [5, 5.41) is -0.111. The van der Waals surface area contributed by atoms with Crippen LogP contribution >= 0.6 is 11.6 Å². The number of aromatic nitrogens is 1. The lowest BCUT2D eigenvalue weighted by Gasteiger charge is -2.13. The van der Waals surface area contributed by atoms with Crippen LogP contribution in [0.15, 0.2) is 36.5 Å². The number of halogens is 5. The molecule has 2 aromatic rings. The van der Waals surface area contributed by atoms with Crippen LogP contribution in [0.2, 0.25) is 5.15 Å². The molecule has 7 heteroatoms. The molecule has 0 saturated heterocycles. The standard InChI is InChI=1S/C12H6ClF4NO/c13-11-9(5-7(14)6-18-11)8-3-1-2-4-10(8)19-12(15,16)17/h1-6H. The fourth-order valence-electron chi connectivity index (χ4n) is 1.51. The molecule has 0 radical (unpaired) electrons. The van der Waals surface area contributed by atoms with Gasteiger partial charge < -0.3 is 4.74 Å². The van der Waals surface area contributed by atoms with E-state index in [0.29, 0.717) is 0 Å². The van der Waals surface area contributed by atoms with Crippen molar-refractivity contribution in [1.29, 1.82) is 0 Å². The highest BCUT2D eigenvalue weighted by molar-refractivity contribution is 6.32. The molecule has 19 heavy (non-hydrogen) atoms. The van der Waals surface area contributed by atoms with E-state index in [1.807, 2.05) is 0 Å². The molecule has 0 spiro atoms. The maximum Gasteiger partial charge on any atom is 0.573 e. The molecule has 0 atom stereocenters. The monoisotopic (exact) mass is 291 g/mol. The van der Waals surface area contributed by atoms with Crippen LogP contribution in [0, 0.1) is 5.82 Å². The second kappa shape index (κ2) is 5.05. The lowest BCUT2D eigenvalue weighted by atomic mass is 10.1. The van der Waals surface area contributed by atoms with Gasteiger partial charge in [0.05, 0.1) is 6.20 Å². The number of benzene rings is 1. The lowest BCUT2D eigenvalue weighted by molar-refractivity contribution is -0.274. The van der Waals surface area contributed by atoms with Gasteiger partial charge in [0, 0.05) is 11.1 Å². The van der Waals surface area contributed by atoms with E-state index in [-0.39, 0.29) is 16.3 Å². The summed E-state index contributed by atoms with van der Waals surface area (Å²) in [7, 11) is 0. The SMILES string of the molecule is Fc1cnc(Cl)c(-c2ccccc2OC(F)(F)F)c1. The summed E-state index contributed by atoms with van der Waals surface area (Å²) in [4.78, 5) is 3.55. The van der Waals surface area contributed by atoms with Crippen molar-refractivity contribution in [3.8, 4) is 16.9 Å². The van der Waals surface area contributed by atoms with E-state index < -0.39 is 17.9 Å². The highest BCUT2D eigenvalue weighted by Gasteiger charge is 2.32. The normalized spacial score (nSPS) is 11.4. The van der Waals surface area contributed by atoms with Crippen molar-refractivity contribution < 1.29 is 22.3 Å². The molecule has 0 amide bonds. The molecule has 0 unspecified atom stereocenters. The summed E-state index contributed by atoms with van der Waals surface area (Å²) in [6.07, 6.45) is -3.97. The summed E-state index contributed by atoms with van der Waals surface area (Å²) in [5.41, 5.74) is 0.0401. The maximum absolute atomic E-state index is 13.1. The second-order valence-corrected chi connectivity index (χ2v) is 3.89. The molecule has 2 rings (SSSR count). The van der Waals surface area contributed by atoms with Crippen LogP contribution in [-0.2, 0) is 0 Å². The van der Waals surface area contributed by atoms with Gasteiger partial charge in [-0.2, -0.15) is 0 Å². The first kappa shape index (κ1) is 13.6. The Bertz CT molecular complexity index is 601. The van der Waals surface area contributed by atoms with Gasteiger partial charge >= 0.3 is 6.36 Å². The van der Waals surface area contributed by atoms with Crippen LogP contribution in [0.3, 0.4) is 0 Å². The Morgan fingerprint density at radius 1 is 1.11 bits per heavy atom. The van der Waals surface area contributed by atoms with Gasteiger partial charge in [-0.25, -0.2) is 9.37 Å². The largest absolute Gasteiger partial charge is 0.573 e. The smallest absolute Gasteiger partial charge is 0.405 e. The van der Waals surface area contributed by atoms with Gasteiger partial charge in [0.2, 0.25) is 0 Å². The Morgan fingerprint density at radius 2 is 1.79 bits per heavy atom. The summed E-state index contributed by atoms with van der Waals surface area (Å²) >= 11 is 5.76. The van der Waals surface area contributed by atoms with Crippen molar-refractivity contribution in [2.24, 2.45) is 0 Å². The molecule has 100 valence electrons.